The maximum absolute atomic E-state index is 5.80. The van der Waals surface area contributed by atoms with E-state index in [1.165, 1.54) is 11.1 Å². The average molecular weight is 248 g/mol. The summed E-state index contributed by atoms with van der Waals surface area (Å²) in [6.07, 6.45) is 1.10. The number of hydrogen-bond donors (Lipinski definition) is 1. The number of likely N-dealkylation sites (tertiary alicyclic amines) is 1. The normalized spacial score (nSPS) is 26.8. The Bertz CT molecular complexity index is 461. The van der Waals surface area contributed by atoms with Gasteiger partial charge in [0.25, 0.3) is 0 Å². The molecule has 0 amide bonds. The van der Waals surface area contributed by atoms with Gasteiger partial charge < -0.3 is 15.2 Å². The fourth-order valence-electron chi connectivity index (χ4n) is 3.12. The molecular formula is C14H20N2O2. The molecule has 0 aliphatic carbocycles. The Morgan fingerprint density at radius 3 is 2.94 bits per heavy atom. The summed E-state index contributed by atoms with van der Waals surface area (Å²) >= 11 is 0. The zero-order chi connectivity index (χ0) is 12.7. The van der Waals surface area contributed by atoms with Crippen LogP contribution in [0.4, 0.5) is 0 Å². The van der Waals surface area contributed by atoms with Crippen LogP contribution in [0, 0.1) is 12.8 Å². The molecule has 1 saturated heterocycles. The average Bonchev–Trinajstić information content (AvgIpc) is 2.96. The molecule has 2 atom stereocenters. The van der Waals surface area contributed by atoms with Gasteiger partial charge in [-0.25, -0.2) is 0 Å². The highest BCUT2D eigenvalue weighted by Gasteiger charge is 2.34. The van der Waals surface area contributed by atoms with Crippen LogP contribution < -0.4 is 15.2 Å². The van der Waals surface area contributed by atoms with Crippen molar-refractivity contribution in [3.05, 3.63) is 23.3 Å². The van der Waals surface area contributed by atoms with E-state index < -0.39 is 0 Å². The molecule has 0 bridgehead atoms. The molecule has 4 nitrogen and oxygen atoms in total. The lowest BCUT2D eigenvalue weighted by Crippen LogP contribution is -2.21. The summed E-state index contributed by atoms with van der Waals surface area (Å²) in [4.78, 5) is 2.38. The number of fused-ring (bicyclic) bond motifs is 1. The summed E-state index contributed by atoms with van der Waals surface area (Å²) in [6.45, 7) is 4.29. The van der Waals surface area contributed by atoms with Gasteiger partial charge in [-0.3, -0.25) is 4.90 Å². The van der Waals surface area contributed by atoms with Gasteiger partial charge in [0.1, 0.15) is 0 Å². The predicted molar refractivity (Wildman–Crippen MR) is 69.8 cm³/mol. The standard InChI is InChI=1S/C14H20N2O2/c1-9-3-4-12-14(18-8-17-12)13(9)11-5-10(6-15)7-16(11)2/h3-4,10-11H,5-8,15H2,1-2H3. The number of nitrogens with zero attached hydrogens (tertiary/aromatic N) is 1. The first-order chi connectivity index (χ1) is 8.70. The van der Waals surface area contributed by atoms with Crippen molar-refractivity contribution in [1.29, 1.82) is 0 Å². The summed E-state index contributed by atoms with van der Waals surface area (Å²) < 4.78 is 11.1. The van der Waals surface area contributed by atoms with Crippen LogP contribution >= 0.6 is 0 Å². The van der Waals surface area contributed by atoms with Gasteiger partial charge in [0.05, 0.1) is 0 Å². The summed E-state index contributed by atoms with van der Waals surface area (Å²) in [7, 11) is 2.16. The maximum Gasteiger partial charge on any atom is 0.231 e. The molecule has 1 fully saturated rings. The monoisotopic (exact) mass is 248 g/mol. The van der Waals surface area contributed by atoms with E-state index in [9.17, 15) is 0 Å². The minimum absolute atomic E-state index is 0.336. The van der Waals surface area contributed by atoms with Gasteiger partial charge in [0, 0.05) is 18.2 Å². The van der Waals surface area contributed by atoms with Crippen molar-refractivity contribution >= 4 is 0 Å². The van der Waals surface area contributed by atoms with Gasteiger partial charge in [0.2, 0.25) is 6.79 Å². The van der Waals surface area contributed by atoms with Crippen LogP contribution in [-0.2, 0) is 0 Å². The number of benzene rings is 1. The molecule has 0 spiro atoms. The molecular weight excluding hydrogens is 228 g/mol. The third-order valence-corrected chi connectivity index (χ3v) is 4.10. The number of ether oxygens (including phenoxy) is 2. The van der Waals surface area contributed by atoms with E-state index in [1.54, 1.807) is 0 Å². The molecule has 1 aromatic rings. The van der Waals surface area contributed by atoms with Gasteiger partial charge >= 0.3 is 0 Å². The summed E-state index contributed by atoms with van der Waals surface area (Å²) in [5.41, 5.74) is 8.36. The Labute approximate surface area is 108 Å². The van der Waals surface area contributed by atoms with Gasteiger partial charge in [-0.15, -0.1) is 0 Å². The van der Waals surface area contributed by atoms with Crippen LogP contribution in [0.15, 0.2) is 12.1 Å². The van der Waals surface area contributed by atoms with Crippen molar-refractivity contribution in [2.24, 2.45) is 11.7 Å². The van der Waals surface area contributed by atoms with Crippen LogP contribution in [0.2, 0.25) is 0 Å². The molecule has 2 heterocycles. The van der Waals surface area contributed by atoms with Crippen LogP contribution in [0.5, 0.6) is 11.5 Å². The topological polar surface area (TPSA) is 47.7 Å². The van der Waals surface area contributed by atoms with Crippen molar-refractivity contribution in [3.63, 3.8) is 0 Å². The number of nitrogens with two attached hydrogens (primary N) is 1. The Balaban J connectivity index is 1.99. The number of hydrogen-bond acceptors (Lipinski definition) is 4. The van der Waals surface area contributed by atoms with Crippen molar-refractivity contribution in [3.8, 4) is 11.5 Å². The van der Waals surface area contributed by atoms with E-state index in [0.29, 0.717) is 18.8 Å². The summed E-state index contributed by atoms with van der Waals surface area (Å²) in [6, 6.07) is 4.51. The van der Waals surface area contributed by atoms with E-state index in [-0.39, 0.29) is 0 Å². The van der Waals surface area contributed by atoms with E-state index in [1.807, 2.05) is 6.07 Å². The van der Waals surface area contributed by atoms with Gasteiger partial charge in [-0.2, -0.15) is 0 Å². The SMILES string of the molecule is Cc1ccc2c(c1C1CC(CN)CN1C)OCO2. The van der Waals surface area contributed by atoms with Gasteiger partial charge in [-0.05, 0) is 44.5 Å². The van der Waals surface area contributed by atoms with E-state index in [0.717, 1.165) is 31.0 Å². The Morgan fingerprint density at radius 1 is 1.39 bits per heavy atom. The highest BCUT2D eigenvalue weighted by atomic mass is 16.7. The van der Waals surface area contributed by atoms with Gasteiger partial charge in [0.15, 0.2) is 11.5 Å². The van der Waals surface area contributed by atoms with E-state index in [2.05, 4.69) is 24.9 Å². The van der Waals surface area contributed by atoms with Crippen molar-refractivity contribution in [2.75, 3.05) is 26.9 Å². The number of aryl methyl sites for hydroxylation is 1. The first kappa shape index (κ1) is 11.8. The Kier molecular flexibility index (Phi) is 2.92. The van der Waals surface area contributed by atoms with Crippen molar-refractivity contribution < 1.29 is 9.47 Å². The van der Waals surface area contributed by atoms with Crippen LogP contribution in [-0.4, -0.2) is 31.8 Å². The highest BCUT2D eigenvalue weighted by Crippen LogP contribution is 2.45. The van der Waals surface area contributed by atoms with Crippen molar-refractivity contribution in [2.45, 2.75) is 19.4 Å². The van der Waals surface area contributed by atoms with Crippen LogP contribution in [0.3, 0.4) is 0 Å². The molecule has 0 radical (unpaired) electrons. The third-order valence-electron chi connectivity index (χ3n) is 4.10. The van der Waals surface area contributed by atoms with Gasteiger partial charge in [-0.1, -0.05) is 6.07 Å². The lowest BCUT2D eigenvalue weighted by atomic mass is 9.95. The number of rotatable bonds is 2. The Hall–Kier alpha value is -1.26. The molecule has 98 valence electrons. The fourth-order valence-corrected chi connectivity index (χ4v) is 3.12. The minimum Gasteiger partial charge on any atom is -0.454 e. The van der Waals surface area contributed by atoms with Crippen LogP contribution in [0.25, 0.3) is 0 Å². The zero-order valence-corrected chi connectivity index (χ0v) is 11.0. The van der Waals surface area contributed by atoms with E-state index in [4.69, 9.17) is 15.2 Å². The Morgan fingerprint density at radius 2 is 2.22 bits per heavy atom. The molecule has 18 heavy (non-hydrogen) atoms. The first-order valence-corrected chi connectivity index (χ1v) is 6.50. The van der Waals surface area contributed by atoms with E-state index >= 15 is 0 Å². The second-order valence-electron chi connectivity index (χ2n) is 5.32. The largest absolute Gasteiger partial charge is 0.454 e. The molecule has 1 aromatic carbocycles. The molecule has 3 rings (SSSR count). The van der Waals surface area contributed by atoms with Crippen molar-refractivity contribution in [1.82, 2.24) is 4.90 Å². The lowest BCUT2D eigenvalue weighted by molar-refractivity contribution is 0.171. The zero-order valence-electron chi connectivity index (χ0n) is 11.0. The minimum atomic E-state index is 0.336. The highest BCUT2D eigenvalue weighted by molar-refractivity contribution is 5.53. The fraction of sp³-hybridized carbons (Fsp3) is 0.571. The predicted octanol–water partition coefficient (Wildman–Crippen LogP) is 1.68. The lowest BCUT2D eigenvalue weighted by Gasteiger charge is -2.22. The second kappa shape index (κ2) is 4.44. The molecule has 0 aromatic heterocycles. The maximum atomic E-state index is 5.80. The second-order valence-corrected chi connectivity index (χ2v) is 5.32. The smallest absolute Gasteiger partial charge is 0.231 e. The summed E-state index contributed by atoms with van der Waals surface area (Å²) in [5.74, 6) is 2.39. The molecule has 2 N–H and O–H groups in total. The molecule has 0 saturated carbocycles. The quantitative estimate of drug-likeness (QED) is 0.865. The van der Waals surface area contributed by atoms with Crippen LogP contribution in [0.1, 0.15) is 23.6 Å². The molecule has 4 heteroatoms. The first-order valence-electron chi connectivity index (χ1n) is 6.50. The third kappa shape index (κ3) is 1.76. The summed E-state index contributed by atoms with van der Waals surface area (Å²) in [5, 5.41) is 0. The molecule has 2 aliphatic heterocycles. The molecule has 2 aliphatic rings. The molecule has 2 unspecified atom stereocenters.